The minimum atomic E-state index is -0.392. The third kappa shape index (κ3) is 6.57. The van der Waals surface area contributed by atoms with E-state index in [9.17, 15) is 9.59 Å². The van der Waals surface area contributed by atoms with Crippen molar-refractivity contribution in [1.82, 2.24) is 15.5 Å². The van der Waals surface area contributed by atoms with Crippen LogP contribution in [0.3, 0.4) is 0 Å². The first-order valence-electron chi connectivity index (χ1n) is 7.16. The Balaban J connectivity index is 2.28. The number of nitrogens with one attached hydrogen (secondary N) is 2. The van der Waals surface area contributed by atoms with Crippen molar-refractivity contribution in [2.24, 2.45) is 17.8 Å². The van der Waals surface area contributed by atoms with Gasteiger partial charge in [-0.15, -0.1) is 0 Å². The summed E-state index contributed by atoms with van der Waals surface area (Å²) in [5, 5.41) is 5.06. The lowest BCUT2D eigenvalue weighted by atomic mass is 9.92. The molecule has 19 heavy (non-hydrogen) atoms. The summed E-state index contributed by atoms with van der Waals surface area (Å²) in [6, 6.07) is -0.392. The Labute approximate surface area is 116 Å². The van der Waals surface area contributed by atoms with E-state index in [2.05, 4.69) is 29.4 Å². The van der Waals surface area contributed by atoms with Crippen LogP contribution in [0.25, 0.3) is 0 Å². The van der Waals surface area contributed by atoms with Gasteiger partial charge in [-0.05, 0) is 24.2 Å². The molecule has 2 N–H and O–H groups in total. The van der Waals surface area contributed by atoms with Gasteiger partial charge in [-0.3, -0.25) is 15.0 Å². The fourth-order valence-corrected chi connectivity index (χ4v) is 2.63. The number of hydrogen-bond donors (Lipinski definition) is 2. The first-order chi connectivity index (χ1) is 8.86. The van der Waals surface area contributed by atoms with Crippen LogP contribution < -0.4 is 10.6 Å². The summed E-state index contributed by atoms with van der Waals surface area (Å²) in [7, 11) is 0. The molecule has 1 aliphatic heterocycles. The maximum atomic E-state index is 11.8. The molecule has 0 bridgehead atoms. The molecule has 110 valence electrons. The number of rotatable bonds is 4. The molecule has 0 spiro atoms. The highest BCUT2D eigenvalue weighted by Gasteiger charge is 2.23. The van der Waals surface area contributed by atoms with Crippen LogP contribution in [0.1, 0.15) is 34.1 Å². The van der Waals surface area contributed by atoms with E-state index < -0.39 is 6.03 Å². The average Bonchev–Trinajstić information content (AvgIpc) is 2.24. The predicted octanol–water partition coefficient (Wildman–Crippen LogP) is 1.45. The summed E-state index contributed by atoms with van der Waals surface area (Å²) in [5.74, 6) is 1.39. The molecule has 1 heterocycles. The van der Waals surface area contributed by atoms with Crippen molar-refractivity contribution in [3.05, 3.63) is 0 Å². The molecule has 0 aromatic heterocycles. The molecule has 1 saturated heterocycles. The van der Waals surface area contributed by atoms with E-state index in [1.165, 1.54) is 6.42 Å². The van der Waals surface area contributed by atoms with Crippen LogP contribution in [-0.2, 0) is 4.79 Å². The number of imide groups is 1. The molecule has 1 fully saturated rings. The molecule has 0 aromatic carbocycles. The van der Waals surface area contributed by atoms with Gasteiger partial charge in [-0.25, -0.2) is 4.79 Å². The van der Waals surface area contributed by atoms with Gasteiger partial charge in [0.1, 0.15) is 0 Å². The van der Waals surface area contributed by atoms with Crippen LogP contribution in [-0.4, -0.2) is 43.0 Å². The smallest absolute Gasteiger partial charge is 0.321 e. The summed E-state index contributed by atoms with van der Waals surface area (Å²) in [6.07, 6.45) is 1.22. The fourth-order valence-electron chi connectivity index (χ4n) is 2.63. The second-order valence-corrected chi connectivity index (χ2v) is 6.29. The fraction of sp³-hybridized carbons (Fsp3) is 0.857. The Morgan fingerprint density at radius 3 is 2.32 bits per heavy atom. The number of hydrogen-bond acceptors (Lipinski definition) is 3. The van der Waals surface area contributed by atoms with E-state index in [-0.39, 0.29) is 5.91 Å². The minimum absolute atomic E-state index is 0.220. The Kier molecular flexibility index (Phi) is 6.28. The molecule has 5 nitrogen and oxygen atoms in total. The zero-order valence-corrected chi connectivity index (χ0v) is 12.5. The summed E-state index contributed by atoms with van der Waals surface area (Å²) in [6.45, 7) is 11.2. The predicted molar refractivity (Wildman–Crippen MR) is 75.8 cm³/mol. The van der Waals surface area contributed by atoms with Gasteiger partial charge in [-0.1, -0.05) is 27.7 Å². The van der Waals surface area contributed by atoms with E-state index in [1.54, 1.807) is 0 Å². The standard InChI is InChI=1S/C14H27N3O2/c1-10(2)6-15-14(19)16-13(18)9-17-7-11(3)5-12(4)8-17/h10-12H,5-9H2,1-4H3,(H2,15,16,18,19). The summed E-state index contributed by atoms with van der Waals surface area (Å²) in [5.41, 5.74) is 0. The lowest BCUT2D eigenvalue weighted by Gasteiger charge is -2.34. The van der Waals surface area contributed by atoms with Crippen molar-refractivity contribution in [3.63, 3.8) is 0 Å². The number of carbonyl (C=O) groups is 2. The second-order valence-electron chi connectivity index (χ2n) is 6.29. The Morgan fingerprint density at radius 2 is 1.79 bits per heavy atom. The van der Waals surface area contributed by atoms with Gasteiger partial charge in [0.15, 0.2) is 0 Å². The number of amides is 3. The van der Waals surface area contributed by atoms with Crippen molar-refractivity contribution >= 4 is 11.9 Å². The lowest BCUT2D eigenvalue weighted by molar-refractivity contribution is -0.121. The van der Waals surface area contributed by atoms with E-state index >= 15 is 0 Å². The van der Waals surface area contributed by atoms with Crippen LogP contribution in [0.15, 0.2) is 0 Å². The highest BCUT2D eigenvalue weighted by molar-refractivity contribution is 5.95. The first kappa shape index (κ1) is 16.0. The van der Waals surface area contributed by atoms with Gasteiger partial charge >= 0.3 is 6.03 Å². The molecule has 2 unspecified atom stereocenters. The zero-order valence-electron chi connectivity index (χ0n) is 12.5. The number of likely N-dealkylation sites (tertiary alicyclic amines) is 1. The molecular weight excluding hydrogens is 242 g/mol. The molecule has 1 aliphatic rings. The van der Waals surface area contributed by atoms with Crippen molar-refractivity contribution in [1.29, 1.82) is 0 Å². The third-order valence-corrected chi connectivity index (χ3v) is 3.24. The Hall–Kier alpha value is -1.10. The van der Waals surface area contributed by atoms with Crippen LogP contribution >= 0.6 is 0 Å². The van der Waals surface area contributed by atoms with Crippen LogP contribution in [0.2, 0.25) is 0 Å². The lowest BCUT2D eigenvalue weighted by Crippen LogP contribution is -2.48. The summed E-state index contributed by atoms with van der Waals surface area (Å²) >= 11 is 0. The quantitative estimate of drug-likeness (QED) is 0.812. The van der Waals surface area contributed by atoms with E-state index in [1.807, 2.05) is 13.8 Å². The summed E-state index contributed by atoms with van der Waals surface area (Å²) in [4.78, 5) is 25.4. The highest BCUT2D eigenvalue weighted by Crippen LogP contribution is 2.20. The van der Waals surface area contributed by atoms with E-state index in [0.29, 0.717) is 30.8 Å². The Bertz CT molecular complexity index is 308. The molecule has 0 radical (unpaired) electrons. The maximum Gasteiger partial charge on any atom is 0.321 e. The van der Waals surface area contributed by atoms with Gasteiger partial charge in [-0.2, -0.15) is 0 Å². The maximum absolute atomic E-state index is 11.8. The van der Waals surface area contributed by atoms with Gasteiger partial charge < -0.3 is 5.32 Å². The number of carbonyl (C=O) groups excluding carboxylic acids is 2. The van der Waals surface area contributed by atoms with Crippen molar-refractivity contribution in [2.75, 3.05) is 26.2 Å². The van der Waals surface area contributed by atoms with E-state index in [4.69, 9.17) is 0 Å². The van der Waals surface area contributed by atoms with Crippen molar-refractivity contribution < 1.29 is 9.59 Å². The van der Waals surface area contributed by atoms with Gasteiger partial charge in [0, 0.05) is 19.6 Å². The molecule has 2 atom stereocenters. The monoisotopic (exact) mass is 269 g/mol. The molecule has 0 saturated carbocycles. The molecule has 0 aliphatic carbocycles. The summed E-state index contributed by atoms with van der Waals surface area (Å²) < 4.78 is 0. The molecule has 1 rings (SSSR count). The second kappa shape index (κ2) is 7.48. The van der Waals surface area contributed by atoms with E-state index in [0.717, 1.165) is 13.1 Å². The third-order valence-electron chi connectivity index (χ3n) is 3.24. The van der Waals surface area contributed by atoms with Crippen molar-refractivity contribution in [2.45, 2.75) is 34.1 Å². The molecule has 3 amide bonds. The van der Waals surface area contributed by atoms with Crippen LogP contribution in [0.5, 0.6) is 0 Å². The average molecular weight is 269 g/mol. The zero-order chi connectivity index (χ0) is 14.4. The van der Waals surface area contributed by atoms with Gasteiger partial charge in [0.2, 0.25) is 5.91 Å². The minimum Gasteiger partial charge on any atom is -0.338 e. The van der Waals surface area contributed by atoms with Crippen LogP contribution in [0, 0.1) is 17.8 Å². The SMILES string of the molecule is CC(C)CNC(=O)NC(=O)CN1CC(C)CC(C)C1. The van der Waals surface area contributed by atoms with Crippen LogP contribution in [0.4, 0.5) is 4.79 Å². The number of piperidine rings is 1. The number of nitrogens with zero attached hydrogens (tertiary/aromatic N) is 1. The normalized spacial score (nSPS) is 24.3. The molecule has 0 aromatic rings. The highest BCUT2D eigenvalue weighted by atomic mass is 16.2. The first-order valence-corrected chi connectivity index (χ1v) is 7.16. The van der Waals surface area contributed by atoms with Crippen molar-refractivity contribution in [3.8, 4) is 0 Å². The molecule has 5 heteroatoms. The van der Waals surface area contributed by atoms with Gasteiger partial charge in [0.25, 0.3) is 0 Å². The van der Waals surface area contributed by atoms with Gasteiger partial charge in [0.05, 0.1) is 6.54 Å². The Morgan fingerprint density at radius 1 is 1.21 bits per heavy atom. The molecular formula is C14H27N3O2. The topological polar surface area (TPSA) is 61.4 Å². The largest absolute Gasteiger partial charge is 0.338 e. The number of urea groups is 1.